The van der Waals surface area contributed by atoms with Gasteiger partial charge in [0.25, 0.3) is 0 Å². The number of ether oxygens (including phenoxy) is 2. The van der Waals surface area contributed by atoms with Crippen LogP contribution in [0, 0.1) is 17.8 Å². The molecule has 1 atom stereocenters. The third-order valence-electron chi connectivity index (χ3n) is 4.50. The summed E-state index contributed by atoms with van der Waals surface area (Å²) >= 11 is 0. The molecule has 1 N–H and O–H groups in total. The molecule has 1 heterocycles. The highest BCUT2D eigenvalue weighted by Crippen LogP contribution is 2.31. The predicted octanol–water partition coefficient (Wildman–Crippen LogP) is 4.04. The van der Waals surface area contributed by atoms with E-state index in [-0.39, 0.29) is 11.8 Å². The number of hydrogen-bond acceptors (Lipinski definition) is 4. The van der Waals surface area contributed by atoms with Gasteiger partial charge in [0.05, 0.1) is 19.6 Å². The highest BCUT2D eigenvalue weighted by Gasteiger charge is 2.26. The lowest BCUT2D eigenvalue weighted by molar-refractivity contribution is -0.121. The Balaban J connectivity index is 2.00. The lowest BCUT2D eigenvalue weighted by Gasteiger charge is -2.33. The fraction of sp³-hybridized carbons (Fsp3) is 0.667. The van der Waals surface area contributed by atoms with E-state index in [0.717, 1.165) is 38.2 Å². The second-order valence-electron chi connectivity index (χ2n) is 8.05. The van der Waals surface area contributed by atoms with Crippen LogP contribution in [0.1, 0.15) is 40.5 Å². The van der Waals surface area contributed by atoms with Crippen LogP contribution in [-0.4, -0.2) is 44.2 Å². The van der Waals surface area contributed by atoms with Crippen LogP contribution in [0.4, 0.5) is 5.69 Å². The Labute approximate surface area is 158 Å². The molecule has 0 radical (unpaired) electrons. The molecule has 1 aliphatic heterocycles. The van der Waals surface area contributed by atoms with E-state index in [0.29, 0.717) is 29.9 Å². The normalized spacial score (nSPS) is 18.2. The molecule has 1 saturated heterocycles. The molecule has 5 nitrogen and oxygen atoms in total. The topological polar surface area (TPSA) is 50.8 Å². The number of rotatable bonds is 8. The summed E-state index contributed by atoms with van der Waals surface area (Å²) in [5.41, 5.74) is 0.760. The number of hydrogen-bond donors (Lipinski definition) is 1. The molecule has 1 amide bonds. The predicted molar refractivity (Wildman–Crippen MR) is 106 cm³/mol. The summed E-state index contributed by atoms with van der Waals surface area (Å²) in [5, 5.41) is 3.06. The maximum atomic E-state index is 12.7. The van der Waals surface area contributed by atoms with Crippen LogP contribution < -0.4 is 14.8 Å². The van der Waals surface area contributed by atoms with E-state index in [2.05, 4.69) is 37.9 Å². The Morgan fingerprint density at radius 2 is 2.00 bits per heavy atom. The first kappa shape index (κ1) is 20.6. The van der Waals surface area contributed by atoms with Crippen LogP contribution >= 0.6 is 0 Å². The Bertz CT molecular complexity index is 587. The van der Waals surface area contributed by atoms with Crippen LogP contribution in [0.3, 0.4) is 0 Å². The summed E-state index contributed by atoms with van der Waals surface area (Å²) < 4.78 is 11.2. The lowest BCUT2D eigenvalue weighted by atomic mass is 9.96. The van der Waals surface area contributed by atoms with E-state index in [1.165, 1.54) is 0 Å². The molecule has 1 aliphatic rings. The van der Waals surface area contributed by atoms with E-state index in [9.17, 15) is 4.79 Å². The van der Waals surface area contributed by atoms with Gasteiger partial charge >= 0.3 is 0 Å². The van der Waals surface area contributed by atoms with Crippen molar-refractivity contribution in [2.24, 2.45) is 17.8 Å². The van der Waals surface area contributed by atoms with E-state index in [4.69, 9.17) is 9.47 Å². The standard InChI is InChI=1S/C21H34N2O3/c1-15(2)12-23-10-6-7-17(13-23)21(24)22-18-8-9-19(25-5)20(11-18)26-14-16(3)4/h8-9,11,15-17H,6-7,10,12-14H2,1-5H3,(H,22,24). The molecule has 1 unspecified atom stereocenters. The van der Waals surface area contributed by atoms with E-state index < -0.39 is 0 Å². The highest BCUT2D eigenvalue weighted by atomic mass is 16.5. The molecule has 0 aromatic heterocycles. The SMILES string of the molecule is COc1ccc(NC(=O)C2CCCN(CC(C)C)C2)cc1OCC(C)C. The van der Waals surface area contributed by atoms with Gasteiger partial charge in [-0.05, 0) is 43.4 Å². The number of nitrogens with zero attached hydrogens (tertiary/aromatic N) is 1. The van der Waals surface area contributed by atoms with Gasteiger partial charge in [0.2, 0.25) is 5.91 Å². The summed E-state index contributed by atoms with van der Waals surface area (Å²) in [6, 6.07) is 5.57. The molecule has 1 fully saturated rings. The first-order valence-corrected chi connectivity index (χ1v) is 9.73. The van der Waals surface area contributed by atoms with Crippen molar-refractivity contribution in [3.63, 3.8) is 0 Å². The molecular weight excluding hydrogens is 328 g/mol. The van der Waals surface area contributed by atoms with Gasteiger partial charge in [-0.2, -0.15) is 0 Å². The average Bonchev–Trinajstić information content (AvgIpc) is 2.59. The van der Waals surface area contributed by atoms with Crippen molar-refractivity contribution in [1.82, 2.24) is 4.90 Å². The molecule has 1 aromatic rings. The molecule has 2 rings (SSSR count). The van der Waals surface area contributed by atoms with Crippen molar-refractivity contribution in [3.8, 4) is 11.5 Å². The van der Waals surface area contributed by atoms with Crippen LogP contribution in [0.15, 0.2) is 18.2 Å². The molecule has 5 heteroatoms. The molecule has 146 valence electrons. The third-order valence-corrected chi connectivity index (χ3v) is 4.50. The Morgan fingerprint density at radius 3 is 2.65 bits per heavy atom. The fourth-order valence-corrected chi connectivity index (χ4v) is 3.32. The molecule has 0 bridgehead atoms. The number of carbonyl (C=O) groups excluding carboxylic acids is 1. The molecule has 0 saturated carbocycles. The lowest BCUT2D eigenvalue weighted by Crippen LogP contribution is -2.42. The quantitative estimate of drug-likeness (QED) is 0.758. The first-order chi connectivity index (χ1) is 12.4. The minimum atomic E-state index is 0.0460. The summed E-state index contributed by atoms with van der Waals surface area (Å²) in [6.45, 7) is 12.3. The zero-order valence-corrected chi connectivity index (χ0v) is 16.9. The van der Waals surface area contributed by atoms with Gasteiger partial charge in [0.1, 0.15) is 0 Å². The van der Waals surface area contributed by atoms with E-state index >= 15 is 0 Å². The average molecular weight is 363 g/mol. The van der Waals surface area contributed by atoms with Crippen LogP contribution in [0.25, 0.3) is 0 Å². The number of piperidine rings is 1. The van der Waals surface area contributed by atoms with Crippen molar-refractivity contribution >= 4 is 11.6 Å². The maximum absolute atomic E-state index is 12.7. The highest BCUT2D eigenvalue weighted by molar-refractivity contribution is 5.93. The number of methoxy groups -OCH3 is 1. The Kier molecular flexibility index (Phi) is 7.76. The number of amides is 1. The first-order valence-electron chi connectivity index (χ1n) is 9.73. The van der Waals surface area contributed by atoms with Crippen LogP contribution in [0.2, 0.25) is 0 Å². The van der Waals surface area contributed by atoms with Crippen molar-refractivity contribution in [2.75, 3.05) is 38.7 Å². The van der Waals surface area contributed by atoms with Crippen molar-refractivity contribution in [1.29, 1.82) is 0 Å². The van der Waals surface area contributed by atoms with Crippen molar-refractivity contribution < 1.29 is 14.3 Å². The number of carbonyl (C=O) groups is 1. The largest absolute Gasteiger partial charge is 0.493 e. The van der Waals surface area contributed by atoms with Gasteiger partial charge in [-0.25, -0.2) is 0 Å². The fourth-order valence-electron chi connectivity index (χ4n) is 3.32. The monoisotopic (exact) mass is 362 g/mol. The Morgan fingerprint density at radius 1 is 1.23 bits per heavy atom. The summed E-state index contributed by atoms with van der Waals surface area (Å²) in [6.07, 6.45) is 2.03. The molecule has 1 aromatic carbocycles. The molecule has 26 heavy (non-hydrogen) atoms. The maximum Gasteiger partial charge on any atom is 0.228 e. The molecule has 0 aliphatic carbocycles. The zero-order valence-electron chi connectivity index (χ0n) is 16.9. The number of nitrogens with one attached hydrogen (secondary N) is 1. The zero-order chi connectivity index (χ0) is 19.1. The number of likely N-dealkylation sites (tertiary alicyclic amines) is 1. The minimum Gasteiger partial charge on any atom is -0.493 e. The van der Waals surface area contributed by atoms with E-state index in [1.807, 2.05) is 18.2 Å². The van der Waals surface area contributed by atoms with Gasteiger partial charge in [0.15, 0.2) is 11.5 Å². The second kappa shape index (κ2) is 9.81. The van der Waals surface area contributed by atoms with Gasteiger partial charge in [-0.1, -0.05) is 27.7 Å². The van der Waals surface area contributed by atoms with Crippen LogP contribution in [0.5, 0.6) is 11.5 Å². The smallest absolute Gasteiger partial charge is 0.228 e. The Hall–Kier alpha value is -1.75. The summed E-state index contributed by atoms with van der Waals surface area (Å²) in [5.74, 6) is 2.54. The summed E-state index contributed by atoms with van der Waals surface area (Å²) in [7, 11) is 1.63. The van der Waals surface area contributed by atoms with Gasteiger partial charge in [-0.15, -0.1) is 0 Å². The van der Waals surface area contributed by atoms with Crippen LogP contribution in [-0.2, 0) is 4.79 Å². The van der Waals surface area contributed by atoms with Gasteiger partial charge < -0.3 is 19.7 Å². The minimum absolute atomic E-state index is 0.0460. The molecule has 0 spiro atoms. The number of anilines is 1. The molecular formula is C21H34N2O3. The second-order valence-corrected chi connectivity index (χ2v) is 8.05. The van der Waals surface area contributed by atoms with Crippen molar-refractivity contribution in [3.05, 3.63) is 18.2 Å². The third kappa shape index (κ3) is 6.20. The van der Waals surface area contributed by atoms with E-state index in [1.54, 1.807) is 7.11 Å². The number of benzene rings is 1. The van der Waals surface area contributed by atoms with Gasteiger partial charge in [-0.3, -0.25) is 4.79 Å². The summed E-state index contributed by atoms with van der Waals surface area (Å²) in [4.78, 5) is 15.1. The van der Waals surface area contributed by atoms with Crippen molar-refractivity contribution in [2.45, 2.75) is 40.5 Å². The van der Waals surface area contributed by atoms with Gasteiger partial charge in [0, 0.05) is 24.8 Å².